The van der Waals surface area contributed by atoms with Crippen LogP contribution in [0.2, 0.25) is 0 Å². The van der Waals surface area contributed by atoms with Crippen LogP contribution in [0.4, 0.5) is 4.79 Å². The molecule has 0 aliphatic carbocycles. The molecule has 88 valence electrons. The van der Waals surface area contributed by atoms with Crippen LogP contribution < -0.4 is 16.4 Å². The number of hydrogen-bond acceptors (Lipinski definition) is 4. The Morgan fingerprint density at radius 2 is 2.00 bits per heavy atom. The van der Waals surface area contributed by atoms with E-state index in [1.165, 1.54) is 11.8 Å². The minimum absolute atomic E-state index is 0.0507. The lowest BCUT2D eigenvalue weighted by molar-refractivity contribution is -0.119. The highest BCUT2D eigenvalue weighted by Crippen LogP contribution is 2.10. The van der Waals surface area contributed by atoms with Gasteiger partial charge in [-0.2, -0.15) is 0 Å². The zero-order valence-corrected chi connectivity index (χ0v) is 10.2. The van der Waals surface area contributed by atoms with Gasteiger partial charge in [-0.15, -0.1) is 11.8 Å². The predicted octanol–water partition coefficient (Wildman–Crippen LogP) is 0.301. The zero-order chi connectivity index (χ0) is 11.8. The van der Waals surface area contributed by atoms with E-state index < -0.39 is 6.03 Å². The minimum Gasteiger partial charge on any atom is -0.338 e. The van der Waals surface area contributed by atoms with Gasteiger partial charge < -0.3 is 11.1 Å². The molecule has 2 atom stereocenters. The van der Waals surface area contributed by atoms with Gasteiger partial charge in [0.1, 0.15) is 0 Å². The molecule has 0 saturated carbocycles. The molecule has 2 unspecified atom stereocenters. The second-order valence-electron chi connectivity index (χ2n) is 3.30. The quantitative estimate of drug-likeness (QED) is 0.637. The summed E-state index contributed by atoms with van der Waals surface area (Å²) in [5, 5.41) is 4.48. The number of carbonyl (C=O) groups is 2. The third kappa shape index (κ3) is 7.21. The highest BCUT2D eigenvalue weighted by atomic mass is 32.2. The number of nitrogens with two attached hydrogens (primary N) is 1. The molecule has 5 nitrogen and oxygen atoms in total. The summed E-state index contributed by atoms with van der Waals surface area (Å²) in [6.07, 6.45) is 0. The van der Waals surface area contributed by atoms with E-state index in [1.807, 2.05) is 6.92 Å². The minimum atomic E-state index is -0.448. The maximum atomic E-state index is 11.4. The second kappa shape index (κ2) is 7.53. The molecule has 0 rings (SSSR count). The molecule has 0 spiro atoms. The molecule has 0 radical (unpaired) electrons. The van der Waals surface area contributed by atoms with Crippen LogP contribution in [0.25, 0.3) is 0 Å². The van der Waals surface area contributed by atoms with Gasteiger partial charge >= 0.3 is 6.03 Å². The van der Waals surface area contributed by atoms with Crippen molar-refractivity contribution in [2.75, 3.05) is 12.3 Å². The maximum absolute atomic E-state index is 11.4. The Bertz CT molecular complexity index is 221. The van der Waals surface area contributed by atoms with Crippen LogP contribution in [0.1, 0.15) is 20.8 Å². The molecule has 4 N–H and O–H groups in total. The van der Waals surface area contributed by atoms with Crippen LogP contribution in [-0.4, -0.2) is 35.5 Å². The SMILES string of the molecule is CCNC(=O)NC(=O)C(C)SCC(C)N. The Morgan fingerprint density at radius 3 is 2.47 bits per heavy atom. The van der Waals surface area contributed by atoms with Crippen molar-refractivity contribution in [3.8, 4) is 0 Å². The predicted molar refractivity (Wildman–Crippen MR) is 62.8 cm³/mol. The van der Waals surface area contributed by atoms with Gasteiger partial charge in [0.15, 0.2) is 0 Å². The molecule has 0 saturated heterocycles. The molecule has 0 aliphatic heterocycles. The van der Waals surface area contributed by atoms with Gasteiger partial charge in [-0.1, -0.05) is 0 Å². The number of amides is 3. The highest BCUT2D eigenvalue weighted by molar-refractivity contribution is 8.00. The first-order chi connectivity index (χ1) is 6.97. The van der Waals surface area contributed by atoms with Crippen LogP contribution in [0, 0.1) is 0 Å². The van der Waals surface area contributed by atoms with Crippen LogP contribution >= 0.6 is 11.8 Å². The van der Waals surface area contributed by atoms with Gasteiger partial charge in [0, 0.05) is 18.3 Å². The van der Waals surface area contributed by atoms with Crippen molar-refractivity contribution in [2.24, 2.45) is 5.73 Å². The molecule has 15 heavy (non-hydrogen) atoms. The number of rotatable bonds is 5. The Labute approximate surface area is 94.5 Å². The highest BCUT2D eigenvalue weighted by Gasteiger charge is 2.15. The maximum Gasteiger partial charge on any atom is 0.321 e. The molecule has 0 fully saturated rings. The normalized spacial score (nSPS) is 14.1. The average Bonchev–Trinajstić information content (AvgIpc) is 2.14. The van der Waals surface area contributed by atoms with Crippen molar-refractivity contribution in [3.05, 3.63) is 0 Å². The van der Waals surface area contributed by atoms with E-state index >= 15 is 0 Å². The fourth-order valence-corrected chi connectivity index (χ4v) is 1.59. The van der Waals surface area contributed by atoms with E-state index in [2.05, 4.69) is 10.6 Å². The lowest BCUT2D eigenvalue weighted by atomic mass is 10.4. The van der Waals surface area contributed by atoms with Crippen molar-refractivity contribution in [1.29, 1.82) is 0 Å². The van der Waals surface area contributed by atoms with Crippen LogP contribution in [0.3, 0.4) is 0 Å². The van der Waals surface area contributed by atoms with Crippen molar-refractivity contribution in [1.82, 2.24) is 10.6 Å². The summed E-state index contributed by atoms with van der Waals surface area (Å²) < 4.78 is 0. The fourth-order valence-electron chi connectivity index (χ4n) is 0.790. The molecule has 6 heteroatoms. The standard InChI is InChI=1S/C9H19N3O2S/c1-4-11-9(14)12-8(13)7(3)15-5-6(2)10/h6-7H,4-5,10H2,1-3H3,(H2,11,12,13,14). The van der Waals surface area contributed by atoms with Gasteiger partial charge in [0.2, 0.25) is 5.91 Å². The van der Waals surface area contributed by atoms with Gasteiger partial charge in [-0.3, -0.25) is 10.1 Å². The summed E-state index contributed by atoms with van der Waals surface area (Å²) in [7, 11) is 0. The Balaban J connectivity index is 3.83. The lowest BCUT2D eigenvalue weighted by Gasteiger charge is -2.12. The summed E-state index contributed by atoms with van der Waals surface area (Å²) in [6.45, 7) is 5.92. The number of nitrogens with one attached hydrogen (secondary N) is 2. The monoisotopic (exact) mass is 233 g/mol. The second-order valence-corrected chi connectivity index (χ2v) is 4.68. The first-order valence-corrected chi connectivity index (χ1v) is 5.98. The van der Waals surface area contributed by atoms with E-state index in [-0.39, 0.29) is 17.2 Å². The van der Waals surface area contributed by atoms with Crippen molar-refractivity contribution < 1.29 is 9.59 Å². The summed E-state index contributed by atoms with van der Waals surface area (Å²) in [6, 6.07) is -0.398. The molecule has 0 aliphatic rings. The van der Waals surface area contributed by atoms with Gasteiger partial charge in [0.25, 0.3) is 0 Å². The summed E-state index contributed by atoms with van der Waals surface area (Å²) in [5.74, 6) is 0.413. The zero-order valence-electron chi connectivity index (χ0n) is 9.37. The van der Waals surface area contributed by atoms with E-state index in [9.17, 15) is 9.59 Å². The van der Waals surface area contributed by atoms with Crippen molar-refractivity contribution in [3.63, 3.8) is 0 Å². The number of imide groups is 1. The van der Waals surface area contributed by atoms with E-state index in [4.69, 9.17) is 5.73 Å². The molecule has 0 aromatic carbocycles. The van der Waals surface area contributed by atoms with E-state index in [0.717, 1.165) is 0 Å². The number of thioether (sulfide) groups is 1. The van der Waals surface area contributed by atoms with Gasteiger partial charge in [-0.25, -0.2) is 4.79 Å². The summed E-state index contributed by atoms with van der Waals surface area (Å²) in [5.41, 5.74) is 5.56. The number of hydrogen-bond donors (Lipinski definition) is 3. The van der Waals surface area contributed by atoms with Crippen LogP contribution in [0.15, 0.2) is 0 Å². The summed E-state index contributed by atoms with van der Waals surface area (Å²) in [4.78, 5) is 22.4. The van der Waals surface area contributed by atoms with Gasteiger partial charge in [-0.05, 0) is 20.8 Å². The molecule has 0 bridgehead atoms. The third-order valence-corrected chi connectivity index (χ3v) is 2.98. The van der Waals surface area contributed by atoms with Crippen molar-refractivity contribution >= 4 is 23.7 Å². The largest absolute Gasteiger partial charge is 0.338 e. The molecule has 0 heterocycles. The van der Waals surface area contributed by atoms with E-state index in [1.54, 1.807) is 13.8 Å². The molecular formula is C9H19N3O2S. The Hall–Kier alpha value is -0.750. The number of urea groups is 1. The number of carbonyl (C=O) groups excluding carboxylic acids is 2. The van der Waals surface area contributed by atoms with Crippen LogP contribution in [0.5, 0.6) is 0 Å². The lowest BCUT2D eigenvalue weighted by Crippen LogP contribution is -2.42. The molecular weight excluding hydrogens is 214 g/mol. The average molecular weight is 233 g/mol. The summed E-state index contributed by atoms with van der Waals surface area (Å²) >= 11 is 1.44. The Morgan fingerprint density at radius 1 is 1.40 bits per heavy atom. The molecule has 3 amide bonds. The fraction of sp³-hybridized carbons (Fsp3) is 0.778. The van der Waals surface area contributed by atoms with Crippen LogP contribution in [-0.2, 0) is 4.79 Å². The first kappa shape index (κ1) is 14.2. The van der Waals surface area contributed by atoms with E-state index in [0.29, 0.717) is 12.3 Å². The topological polar surface area (TPSA) is 84.2 Å². The molecule has 0 aromatic heterocycles. The molecule has 0 aromatic rings. The Kier molecular flexibility index (Phi) is 7.15. The first-order valence-electron chi connectivity index (χ1n) is 4.93. The third-order valence-electron chi connectivity index (χ3n) is 1.55. The van der Waals surface area contributed by atoms with Gasteiger partial charge in [0.05, 0.1) is 5.25 Å². The smallest absolute Gasteiger partial charge is 0.321 e. The van der Waals surface area contributed by atoms with Crippen molar-refractivity contribution in [2.45, 2.75) is 32.1 Å².